The summed E-state index contributed by atoms with van der Waals surface area (Å²) in [6, 6.07) is 9.62. The van der Waals surface area contributed by atoms with Gasteiger partial charge in [0.2, 0.25) is 5.12 Å². The third kappa shape index (κ3) is 3.82. The maximum absolute atomic E-state index is 13.3. The number of ether oxygens (including phenoxy) is 2. The molecule has 0 aromatic heterocycles. The minimum atomic E-state index is -0.566. The largest absolute Gasteiger partial charge is 0.418 e. The van der Waals surface area contributed by atoms with Crippen molar-refractivity contribution in [1.82, 2.24) is 0 Å². The van der Waals surface area contributed by atoms with Crippen molar-refractivity contribution in [2.45, 2.75) is 97.6 Å². The second-order valence-corrected chi connectivity index (χ2v) is 13.8. The summed E-state index contributed by atoms with van der Waals surface area (Å²) in [5.41, 5.74) is 2.16. The lowest BCUT2D eigenvalue weighted by atomic mass is 9.43. The van der Waals surface area contributed by atoms with Gasteiger partial charge in [-0.15, -0.1) is 0 Å². The predicted octanol–water partition coefficient (Wildman–Crippen LogP) is 7.59. The van der Waals surface area contributed by atoms with Crippen molar-refractivity contribution in [3.05, 3.63) is 42.0 Å². The first-order valence-electron chi connectivity index (χ1n) is 14.1. The van der Waals surface area contributed by atoms with E-state index in [1.54, 1.807) is 5.57 Å². The summed E-state index contributed by atoms with van der Waals surface area (Å²) in [6.45, 7) is 11.5. The Bertz CT molecular complexity index is 1040. The van der Waals surface area contributed by atoms with E-state index in [9.17, 15) is 4.79 Å². The van der Waals surface area contributed by atoms with Crippen molar-refractivity contribution in [3.8, 4) is 5.75 Å². The Labute approximate surface area is 221 Å². The first-order valence-corrected chi connectivity index (χ1v) is 14.9. The Hall–Kier alpha value is -1.30. The van der Waals surface area contributed by atoms with Crippen LogP contribution in [-0.4, -0.2) is 23.1 Å². The summed E-state index contributed by atoms with van der Waals surface area (Å²) >= 11 is 1.02. The number of allylic oxidation sites excluding steroid dienone is 2. The Morgan fingerprint density at radius 3 is 2.47 bits per heavy atom. The highest BCUT2D eigenvalue weighted by Crippen LogP contribution is 2.69. The van der Waals surface area contributed by atoms with E-state index in [0.29, 0.717) is 29.1 Å². The van der Waals surface area contributed by atoms with Gasteiger partial charge < -0.3 is 13.7 Å². The van der Waals surface area contributed by atoms with Gasteiger partial charge in [-0.25, -0.2) is 0 Å². The number of hydrogen-bond donors (Lipinski definition) is 0. The number of fused-ring (bicyclic) bond motifs is 8. The third-order valence-corrected chi connectivity index (χ3v) is 11.8. The monoisotopic (exact) mass is 510 g/mol. The minimum Gasteiger partial charge on any atom is -0.418 e. The molecule has 1 aromatic rings. The molecule has 5 fully saturated rings. The van der Waals surface area contributed by atoms with Gasteiger partial charge in [0.1, 0.15) is 17.8 Å². The summed E-state index contributed by atoms with van der Waals surface area (Å²) in [7, 11) is 0. The van der Waals surface area contributed by atoms with E-state index >= 15 is 0 Å². The van der Waals surface area contributed by atoms with Crippen LogP contribution in [0.4, 0.5) is 0 Å². The average Bonchev–Trinajstić information content (AvgIpc) is 3.37. The standard InChI is InChI=1S/C31H42O4S/c1-6-20-12-13-22-25-23(15-17-30(20,22)4)31(5)16-14-19(28(32)36-35-21-10-8-7-9-11-21)18-24(31)26-27(25)34-29(2,3)33-26/h6-11,19,22-27H,12-18H2,1-5H3/t19-,22?,23?,24?,25?,26+,27+,30+,31+/m0/s1. The zero-order valence-corrected chi connectivity index (χ0v) is 23.3. The van der Waals surface area contributed by atoms with E-state index < -0.39 is 5.79 Å². The van der Waals surface area contributed by atoms with Crippen molar-refractivity contribution in [1.29, 1.82) is 0 Å². The molecule has 0 amide bonds. The SMILES string of the molecule is CC=C1CCC2C3C(CC[C@]12C)[C@@]1(C)CC[C@H](C(=O)SOc2ccccc2)CC1[C@H]1OC(C)(C)O[C@H]31. The molecule has 1 heterocycles. The van der Waals surface area contributed by atoms with Crippen LogP contribution in [0.5, 0.6) is 5.75 Å². The highest BCUT2D eigenvalue weighted by Gasteiger charge is 2.68. The molecule has 36 heavy (non-hydrogen) atoms. The highest BCUT2D eigenvalue weighted by molar-refractivity contribution is 8.09. The Morgan fingerprint density at radius 2 is 1.72 bits per heavy atom. The molecule has 4 aliphatic carbocycles. The van der Waals surface area contributed by atoms with Crippen molar-refractivity contribution in [2.75, 3.05) is 0 Å². The maximum atomic E-state index is 13.3. The summed E-state index contributed by atoms with van der Waals surface area (Å²) in [6.07, 6.45) is 10.6. The van der Waals surface area contributed by atoms with Crippen molar-refractivity contribution in [3.63, 3.8) is 0 Å². The third-order valence-electron chi connectivity index (χ3n) is 11.0. The molecular formula is C31H42O4S. The molecule has 4 unspecified atom stereocenters. The molecule has 0 radical (unpaired) electrons. The molecule has 1 saturated heterocycles. The number of rotatable bonds is 3. The van der Waals surface area contributed by atoms with E-state index in [1.165, 1.54) is 25.7 Å². The molecule has 9 atom stereocenters. The zero-order chi connectivity index (χ0) is 25.3. The molecule has 1 aromatic carbocycles. The van der Waals surface area contributed by atoms with Gasteiger partial charge in [-0.05, 0) is 112 Å². The molecule has 196 valence electrons. The van der Waals surface area contributed by atoms with Gasteiger partial charge in [-0.2, -0.15) is 0 Å². The van der Waals surface area contributed by atoms with Gasteiger partial charge in [0.25, 0.3) is 0 Å². The molecular weight excluding hydrogens is 468 g/mol. The molecule has 5 aliphatic rings. The van der Waals surface area contributed by atoms with Crippen molar-refractivity contribution >= 4 is 17.2 Å². The number of benzene rings is 1. The second-order valence-electron chi connectivity index (χ2n) is 13.0. The molecule has 0 bridgehead atoms. The number of carbonyl (C=O) groups excluding carboxylic acids is 1. The summed E-state index contributed by atoms with van der Waals surface area (Å²) < 4.78 is 19.3. The molecule has 5 heteroatoms. The number of hydrogen-bond acceptors (Lipinski definition) is 5. The molecule has 0 N–H and O–H groups in total. The van der Waals surface area contributed by atoms with Crippen LogP contribution >= 0.6 is 12.0 Å². The van der Waals surface area contributed by atoms with Crippen LogP contribution in [0.2, 0.25) is 0 Å². The van der Waals surface area contributed by atoms with Crippen LogP contribution in [0.3, 0.4) is 0 Å². The molecule has 4 saturated carbocycles. The van der Waals surface area contributed by atoms with Crippen LogP contribution < -0.4 is 4.18 Å². The summed E-state index contributed by atoms with van der Waals surface area (Å²) in [5.74, 6) is 2.36. The molecule has 0 spiro atoms. The number of carbonyl (C=O) groups is 1. The van der Waals surface area contributed by atoms with Gasteiger partial charge in [0.15, 0.2) is 5.79 Å². The van der Waals surface area contributed by atoms with Gasteiger partial charge in [-0.3, -0.25) is 4.79 Å². The van der Waals surface area contributed by atoms with E-state index in [0.717, 1.165) is 37.1 Å². The van der Waals surface area contributed by atoms with Crippen LogP contribution in [0.25, 0.3) is 0 Å². The Kier molecular flexibility index (Phi) is 6.17. The minimum absolute atomic E-state index is 0.0104. The molecule has 4 nitrogen and oxygen atoms in total. The van der Waals surface area contributed by atoms with E-state index in [1.807, 2.05) is 30.3 Å². The van der Waals surface area contributed by atoms with Crippen LogP contribution in [0.15, 0.2) is 42.0 Å². The van der Waals surface area contributed by atoms with Crippen LogP contribution in [0, 0.1) is 40.4 Å². The fourth-order valence-corrected chi connectivity index (χ4v) is 9.99. The summed E-state index contributed by atoms with van der Waals surface area (Å²) in [5, 5.41) is 0.155. The normalized spacial score (nSPS) is 45.9. The lowest BCUT2D eigenvalue weighted by molar-refractivity contribution is -0.177. The number of para-hydroxylation sites is 1. The van der Waals surface area contributed by atoms with Crippen molar-refractivity contribution in [2.24, 2.45) is 40.4 Å². The maximum Gasteiger partial charge on any atom is 0.231 e. The topological polar surface area (TPSA) is 44.8 Å². The van der Waals surface area contributed by atoms with Gasteiger partial charge >= 0.3 is 0 Å². The Balaban J connectivity index is 1.27. The van der Waals surface area contributed by atoms with Gasteiger partial charge in [-0.1, -0.05) is 43.7 Å². The van der Waals surface area contributed by atoms with Crippen LogP contribution in [-0.2, 0) is 14.3 Å². The predicted molar refractivity (Wildman–Crippen MR) is 143 cm³/mol. The highest BCUT2D eigenvalue weighted by atomic mass is 32.2. The van der Waals surface area contributed by atoms with Gasteiger partial charge in [0, 0.05) is 5.92 Å². The second kappa shape index (κ2) is 8.88. The quantitative estimate of drug-likeness (QED) is 0.310. The van der Waals surface area contributed by atoms with Crippen LogP contribution in [0.1, 0.15) is 79.6 Å². The average molecular weight is 511 g/mol. The first kappa shape index (κ1) is 25.0. The molecule has 6 rings (SSSR count). The van der Waals surface area contributed by atoms with E-state index in [2.05, 4.69) is 40.7 Å². The van der Waals surface area contributed by atoms with E-state index in [4.69, 9.17) is 13.7 Å². The van der Waals surface area contributed by atoms with Crippen molar-refractivity contribution < 1.29 is 18.5 Å². The smallest absolute Gasteiger partial charge is 0.231 e. The fraction of sp³-hybridized carbons (Fsp3) is 0.710. The zero-order valence-electron chi connectivity index (χ0n) is 22.5. The summed E-state index contributed by atoms with van der Waals surface area (Å²) in [4.78, 5) is 13.3. The lowest BCUT2D eigenvalue weighted by Gasteiger charge is -2.63. The first-order chi connectivity index (χ1) is 17.2. The molecule has 1 aliphatic heterocycles. The Morgan fingerprint density at radius 1 is 0.972 bits per heavy atom. The lowest BCUT2D eigenvalue weighted by Crippen LogP contribution is -2.62. The van der Waals surface area contributed by atoms with E-state index in [-0.39, 0.29) is 28.7 Å². The fourth-order valence-electron chi connectivity index (χ4n) is 9.35. The van der Waals surface area contributed by atoms with Gasteiger partial charge in [0.05, 0.1) is 12.2 Å².